The van der Waals surface area contributed by atoms with E-state index < -0.39 is 8.32 Å². The lowest BCUT2D eigenvalue weighted by atomic mass is 10.0. The fourth-order valence-electron chi connectivity index (χ4n) is 4.39. The SMILES string of the molecule is CC(C)(C)[Si](C)(C)OCCOc1c(Nc2ccc(C#N)cc2Cl)ncnc1OC1CC2CC[C@@H](C1)N2. The van der Waals surface area contributed by atoms with Crippen LogP contribution in [0.5, 0.6) is 11.6 Å². The smallest absolute Gasteiger partial charge is 0.262 e. The van der Waals surface area contributed by atoms with E-state index in [1.54, 1.807) is 18.2 Å². The molecular formula is C26H36ClN5O3Si. The first kappa shape index (κ1) is 26.7. The third-order valence-corrected chi connectivity index (χ3v) is 12.3. The predicted octanol–water partition coefficient (Wildman–Crippen LogP) is 5.81. The van der Waals surface area contributed by atoms with E-state index >= 15 is 0 Å². The van der Waals surface area contributed by atoms with Crippen molar-refractivity contribution in [2.24, 2.45) is 0 Å². The molecule has 2 aromatic rings. The normalized spacial score (nSPS) is 21.6. The van der Waals surface area contributed by atoms with Crippen molar-refractivity contribution >= 4 is 31.4 Å². The van der Waals surface area contributed by atoms with Gasteiger partial charge in [-0.3, -0.25) is 0 Å². The zero-order valence-corrected chi connectivity index (χ0v) is 23.5. The molecule has 2 saturated heterocycles. The molecule has 1 aromatic heterocycles. The Bertz CT molecular complexity index is 1110. The highest BCUT2D eigenvalue weighted by Crippen LogP contribution is 2.39. The molecule has 10 heteroatoms. The Balaban J connectivity index is 1.53. The van der Waals surface area contributed by atoms with Crippen molar-refractivity contribution in [3.8, 4) is 17.7 Å². The summed E-state index contributed by atoms with van der Waals surface area (Å²) in [7, 11) is -1.90. The first-order valence-electron chi connectivity index (χ1n) is 12.6. The van der Waals surface area contributed by atoms with Crippen LogP contribution in [-0.4, -0.2) is 49.7 Å². The molecule has 194 valence electrons. The fraction of sp³-hybridized carbons (Fsp3) is 0.577. The van der Waals surface area contributed by atoms with Gasteiger partial charge in [0, 0.05) is 12.1 Å². The number of halogens is 1. The number of anilines is 2. The molecule has 8 nitrogen and oxygen atoms in total. The summed E-state index contributed by atoms with van der Waals surface area (Å²) in [5, 5.41) is 16.6. The molecule has 0 spiro atoms. The summed E-state index contributed by atoms with van der Waals surface area (Å²) < 4.78 is 18.9. The number of ether oxygens (including phenoxy) is 2. The third kappa shape index (κ3) is 6.29. The molecule has 3 atom stereocenters. The van der Waals surface area contributed by atoms with Crippen LogP contribution in [0.15, 0.2) is 24.5 Å². The summed E-state index contributed by atoms with van der Waals surface area (Å²) in [6, 6.07) is 8.14. The van der Waals surface area contributed by atoms with Crippen LogP contribution < -0.4 is 20.1 Å². The van der Waals surface area contributed by atoms with E-state index in [2.05, 4.69) is 60.5 Å². The van der Waals surface area contributed by atoms with Gasteiger partial charge in [0.25, 0.3) is 5.88 Å². The average Bonchev–Trinajstić information content (AvgIpc) is 3.16. The molecule has 2 unspecified atom stereocenters. The van der Waals surface area contributed by atoms with E-state index in [9.17, 15) is 0 Å². The summed E-state index contributed by atoms with van der Waals surface area (Å²) in [4.78, 5) is 8.86. The Morgan fingerprint density at radius 1 is 1.17 bits per heavy atom. The maximum atomic E-state index is 9.15. The van der Waals surface area contributed by atoms with Gasteiger partial charge in [0.15, 0.2) is 14.1 Å². The Morgan fingerprint density at radius 3 is 2.53 bits per heavy atom. The topological polar surface area (TPSA) is 101 Å². The van der Waals surface area contributed by atoms with E-state index in [1.165, 1.54) is 19.2 Å². The molecule has 0 saturated carbocycles. The number of hydrogen-bond donors (Lipinski definition) is 2. The molecule has 2 fully saturated rings. The van der Waals surface area contributed by atoms with Crippen molar-refractivity contribution in [2.45, 2.75) is 82.8 Å². The lowest BCUT2D eigenvalue weighted by Crippen LogP contribution is -2.42. The van der Waals surface area contributed by atoms with E-state index in [4.69, 9.17) is 30.8 Å². The average molecular weight is 530 g/mol. The first-order valence-corrected chi connectivity index (χ1v) is 15.9. The predicted molar refractivity (Wildman–Crippen MR) is 144 cm³/mol. The van der Waals surface area contributed by atoms with Gasteiger partial charge in [-0.1, -0.05) is 32.4 Å². The molecule has 0 amide bonds. The van der Waals surface area contributed by atoms with Crippen molar-refractivity contribution in [3.63, 3.8) is 0 Å². The quantitative estimate of drug-likeness (QED) is 0.310. The first-order chi connectivity index (χ1) is 17.1. The Kier molecular flexibility index (Phi) is 8.10. The number of aromatic nitrogens is 2. The van der Waals surface area contributed by atoms with Crippen molar-refractivity contribution in [3.05, 3.63) is 35.1 Å². The van der Waals surface area contributed by atoms with Crippen LogP contribution in [0.3, 0.4) is 0 Å². The molecule has 2 aliphatic rings. The van der Waals surface area contributed by atoms with Crippen LogP contribution in [0.25, 0.3) is 0 Å². The number of nitrogens with one attached hydrogen (secondary N) is 2. The van der Waals surface area contributed by atoms with Crippen LogP contribution in [0, 0.1) is 11.3 Å². The van der Waals surface area contributed by atoms with E-state index in [0.717, 1.165) is 12.8 Å². The van der Waals surface area contributed by atoms with E-state index in [1.807, 2.05) is 0 Å². The standard InChI is InChI=1S/C26H36ClN5O3Si/c1-26(2,3)36(4,5)34-11-10-33-23-24(32-22-9-6-17(15-28)12-21(22)27)29-16-30-25(23)35-20-13-18-7-8-19(14-20)31-18/h6,9,12,16,18-20,31H,7-8,10-11,13-14H2,1-5H3,(H,29,30,32)/t18-,19?,20?/m0/s1. The molecule has 4 rings (SSSR count). The van der Waals surface area contributed by atoms with Gasteiger partial charge in [-0.2, -0.15) is 10.2 Å². The molecule has 3 heterocycles. The van der Waals surface area contributed by atoms with Gasteiger partial charge in [0.05, 0.1) is 28.9 Å². The number of nitrogens with zero attached hydrogens (tertiary/aromatic N) is 3. The summed E-state index contributed by atoms with van der Waals surface area (Å²) in [5.74, 6) is 1.30. The molecular weight excluding hydrogens is 494 g/mol. The van der Waals surface area contributed by atoms with Crippen LogP contribution in [0.4, 0.5) is 11.5 Å². The number of fused-ring (bicyclic) bond motifs is 2. The van der Waals surface area contributed by atoms with Gasteiger partial charge in [-0.15, -0.1) is 0 Å². The number of nitriles is 1. The van der Waals surface area contributed by atoms with Gasteiger partial charge in [0.1, 0.15) is 19.0 Å². The van der Waals surface area contributed by atoms with Crippen molar-refractivity contribution in [1.82, 2.24) is 15.3 Å². The highest BCUT2D eigenvalue weighted by atomic mass is 35.5. The van der Waals surface area contributed by atoms with Crippen LogP contribution in [0.2, 0.25) is 23.2 Å². The fourth-order valence-corrected chi connectivity index (χ4v) is 5.64. The van der Waals surface area contributed by atoms with Gasteiger partial charge in [-0.05, 0) is 62.0 Å². The number of piperidine rings is 1. The zero-order chi connectivity index (χ0) is 25.9. The van der Waals surface area contributed by atoms with Crippen molar-refractivity contribution < 1.29 is 13.9 Å². The second-order valence-electron chi connectivity index (χ2n) is 11.1. The second-order valence-corrected chi connectivity index (χ2v) is 16.3. The van der Waals surface area contributed by atoms with Crippen LogP contribution >= 0.6 is 11.6 Å². The second kappa shape index (κ2) is 10.9. The van der Waals surface area contributed by atoms with Crippen LogP contribution in [-0.2, 0) is 4.43 Å². The lowest BCUT2D eigenvalue weighted by Gasteiger charge is -2.36. The zero-order valence-electron chi connectivity index (χ0n) is 21.7. The number of hydrogen-bond acceptors (Lipinski definition) is 8. The maximum absolute atomic E-state index is 9.15. The minimum Gasteiger partial charge on any atom is -0.483 e. The molecule has 0 aliphatic carbocycles. The van der Waals surface area contributed by atoms with E-state index in [-0.39, 0.29) is 11.1 Å². The highest BCUT2D eigenvalue weighted by Gasteiger charge is 2.37. The number of rotatable bonds is 9. The molecule has 36 heavy (non-hydrogen) atoms. The molecule has 0 radical (unpaired) electrons. The minimum atomic E-state index is -1.90. The Labute approximate surface area is 219 Å². The highest BCUT2D eigenvalue weighted by molar-refractivity contribution is 6.74. The monoisotopic (exact) mass is 529 g/mol. The summed E-state index contributed by atoms with van der Waals surface area (Å²) in [6.07, 6.45) is 5.79. The lowest BCUT2D eigenvalue weighted by molar-refractivity contribution is 0.122. The van der Waals surface area contributed by atoms with Gasteiger partial charge < -0.3 is 24.5 Å². The molecule has 1 aromatic carbocycles. The Morgan fingerprint density at radius 2 is 1.89 bits per heavy atom. The maximum Gasteiger partial charge on any atom is 0.262 e. The largest absolute Gasteiger partial charge is 0.483 e. The van der Waals surface area contributed by atoms with Crippen molar-refractivity contribution in [1.29, 1.82) is 5.26 Å². The summed E-state index contributed by atoms with van der Waals surface area (Å²) in [5.41, 5.74) is 1.10. The number of benzene rings is 1. The van der Waals surface area contributed by atoms with E-state index in [0.29, 0.717) is 59.0 Å². The van der Waals surface area contributed by atoms with Gasteiger partial charge in [-0.25, -0.2) is 4.98 Å². The van der Waals surface area contributed by atoms with Crippen LogP contribution in [0.1, 0.15) is 52.0 Å². The summed E-state index contributed by atoms with van der Waals surface area (Å²) in [6.45, 7) is 11.9. The van der Waals surface area contributed by atoms with Crippen molar-refractivity contribution in [2.75, 3.05) is 18.5 Å². The molecule has 2 N–H and O–H groups in total. The van der Waals surface area contributed by atoms with Gasteiger partial charge >= 0.3 is 0 Å². The molecule has 2 aliphatic heterocycles. The third-order valence-electron chi connectivity index (χ3n) is 7.43. The summed E-state index contributed by atoms with van der Waals surface area (Å²) >= 11 is 6.41. The Hall–Kier alpha value is -2.38. The minimum absolute atomic E-state index is 0.0656. The van der Waals surface area contributed by atoms with Gasteiger partial charge in [0.2, 0.25) is 5.75 Å². The molecule has 2 bridgehead atoms.